The lowest BCUT2D eigenvalue weighted by Crippen LogP contribution is -2.46. The van der Waals surface area contributed by atoms with Crippen molar-refractivity contribution in [2.24, 2.45) is 5.92 Å². The largest absolute Gasteiger partial charge is 0.443 e. The minimum atomic E-state index is -1.34. The monoisotopic (exact) mass is 416 g/mol. The van der Waals surface area contributed by atoms with Gasteiger partial charge in [0, 0.05) is 13.6 Å². The Morgan fingerprint density at radius 2 is 1.50 bits per heavy atom. The second kappa shape index (κ2) is 8.32. The van der Waals surface area contributed by atoms with Crippen LogP contribution in [0.15, 0.2) is 48.5 Å². The highest BCUT2D eigenvalue weighted by Gasteiger charge is 2.42. The summed E-state index contributed by atoms with van der Waals surface area (Å²) in [5.41, 5.74) is -0.145. The molecule has 1 atom stereocenters. The third kappa shape index (κ3) is 4.04. The number of piperidine rings is 1. The zero-order chi connectivity index (χ0) is 21.3. The first-order valence-electron chi connectivity index (χ1n) is 10.2. The highest BCUT2D eigenvalue weighted by atomic mass is 19.1. The van der Waals surface area contributed by atoms with Gasteiger partial charge in [-0.2, -0.15) is 0 Å². The van der Waals surface area contributed by atoms with Gasteiger partial charge in [-0.05, 0) is 67.2 Å². The second-order valence-electron chi connectivity index (χ2n) is 8.24. The third-order valence-corrected chi connectivity index (χ3v) is 6.27. The first-order valence-corrected chi connectivity index (χ1v) is 10.2. The molecule has 2 aromatic carbocycles. The number of ether oxygens (including phenoxy) is 1. The lowest BCUT2D eigenvalue weighted by molar-refractivity contribution is -0.0185. The lowest BCUT2D eigenvalue weighted by Gasteiger charge is -2.42. The van der Waals surface area contributed by atoms with Crippen LogP contribution < -0.4 is 0 Å². The number of hydrogen-bond acceptors (Lipinski definition) is 4. The van der Waals surface area contributed by atoms with E-state index in [4.69, 9.17) is 4.74 Å². The minimum Gasteiger partial charge on any atom is -0.443 e. The maximum atomic E-state index is 13.5. The van der Waals surface area contributed by atoms with Gasteiger partial charge in [0.2, 0.25) is 0 Å². The fourth-order valence-corrected chi connectivity index (χ4v) is 4.61. The Balaban J connectivity index is 1.52. The van der Waals surface area contributed by atoms with E-state index in [0.717, 1.165) is 13.1 Å². The van der Waals surface area contributed by atoms with Crippen molar-refractivity contribution in [1.82, 2.24) is 9.80 Å². The van der Waals surface area contributed by atoms with Gasteiger partial charge in [0.1, 0.15) is 23.3 Å². The molecule has 2 heterocycles. The van der Waals surface area contributed by atoms with E-state index in [1.54, 1.807) is 36.2 Å². The van der Waals surface area contributed by atoms with Gasteiger partial charge in [0.15, 0.2) is 0 Å². The number of rotatable bonds is 5. The summed E-state index contributed by atoms with van der Waals surface area (Å²) in [7, 11) is 1.72. The number of likely N-dealkylation sites (N-methyl/N-ethyl adjacent to an activating group) is 1. The van der Waals surface area contributed by atoms with E-state index < -0.39 is 5.60 Å². The molecule has 7 heteroatoms. The molecule has 1 amide bonds. The molecule has 30 heavy (non-hydrogen) atoms. The summed E-state index contributed by atoms with van der Waals surface area (Å²) in [4.78, 5) is 15.4. The van der Waals surface area contributed by atoms with Crippen LogP contribution in [0.2, 0.25) is 0 Å². The Morgan fingerprint density at radius 3 is 1.93 bits per heavy atom. The van der Waals surface area contributed by atoms with Crippen LogP contribution >= 0.6 is 0 Å². The van der Waals surface area contributed by atoms with E-state index >= 15 is 0 Å². The predicted octanol–water partition coefficient (Wildman–Crippen LogP) is 3.36. The van der Waals surface area contributed by atoms with Crippen LogP contribution in [0.3, 0.4) is 0 Å². The van der Waals surface area contributed by atoms with Gasteiger partial charge in [-0.1, -0.05) is 24.3 Å². The summed E-state index contributed by atoms with van der Waals surface area (Å²) >= 11 is 0. The molecule has 4 rings (SSSR count). The number of amides is 1. The molecule has 0 aromatic heterocycles. The van der Waals surface area contributed by atoms with Crippen molar-refractivity contribution in [1.29, 1.82) is 0 Å². The molecule has 1 N–H and O–H groups in total. The van der Waals surface area contributed by atoms with Gasteiger partial charge in [0.05, 0.1) is 6.54 Å². The molecule has 2 saturated heterocycles. The first kappa shape index (κ1) is 20.8. The maximum absolute atomic E-state index is 13.5. The highest BCUT2D eigenvalue weighted by molar-refractivity contribution is 5.69. The molecular weight excluding hydrogens is 390 g/mol. The quantitative estimate of drug-likeness (QED) is 0.812. The highest BCUT2D eigenvalue weighted by Crippen LogP contribution is 2.42. The van der Waals surface area contributed by atoms with Crippen molar-refractivity contribution in [3.8, 4) is 0 Å². The Hall–Kier alpha value is -2.51. The smallest absolute Gasteiger partial charge is 0.410 e. The zero-order valence-corrected chi connectivity index (χ0v) is 16.9. The van der Waals surface area contributed by atoms with E-state index in [9.17, 15) is 18.7 Å². The molecular formula is C23H26F2N2O3. The second-order valence-corrected chi connectivity index (χ2v) is 8.24. The molecule has 0 aliphatic carbocycles. The number of benzene rings is 2. The van der Waals surface area contributed by atoms with Crippen molar-refractivity contribution in [3.63, 3.8) is 0 Å². The van der Waals surface area contributed by atoms with Gasteiger partial charge >= 0.3 is 6.09 Å². The van der Waals surface area contributed by atoms with Crippen molar-refractivity contribution >= 4 is 6.09 Å². The van der Waals surface area contributed by atoms with E-state index in [1.807, 2.05) is 0 Å². The Kier molecular flexibility index (Phi) is 5.75. The number of carbonyl (C=O) groups is 1. The fourth-order valence-electron chi connectivity index (χ4n) is 4.61. The summed E-state index contributed by atoms with van der Waals surface area (Å²) < 4.78 is 32.3. The SMILES string of the molecule is CN1CC(CN2CCC(C(O)(c3ccc(F)cc3)c3ccc(F)cc3)CC2)OC1=O. The number of halogens is 2. The molecule has 1 unspecified atom stereocenters. The number of cyclic esters (lactones) is 1. The van der Waals surface area contributed by atoms with E-state index in [2.05, 4.69) is 4.90 Å². The van der Waals surface area contributed by atoms with Crippen LogP contribution in [0.5, 0.6) is 0 Å². The normalized spacial score (nSPS) is 21.1. The maximum Gasteiger partial charge on any atom is 0.410 e. The molecule has 5 nitrogen and oxygen atoms in total. The van der Waals surface area contributed by atoms with Crippen LogP contribution in [0.25, 0.3) is 0 Å². The van der Waals surface area contributed by atoms with Gasteiger partial charge < -0.3 is 14.7 Å². The molecule has 2 aliphatic heterocycles. The number of hydrogen-bond donors (Lipinski definition) is 1. The zero-order valence-electron chi connectivity index (χ0n) is 16.9. The van der Waals surface area contributed by atoms with Crippen molar-refractivity contribution in [3.05, 3.63) is 71.3 Å². The molecule has 2 fully saturated rings. The Labute approximate surface area is 174 Å². The average Bonchev–Trinajstić information content (AvgIpc) is 3.06. The Morgan fingerprint density at radius 1 is 1.00 bits per heavy atom. The third-order valence-electron chi connectivity index (χ3n) is 6.27. The van der Waals surface area contributed by atoms with Gasteiger partial charge in [0.25, 0.3) is 0 Å². The topological polar surface area (TPSA) is 53.0 Å². The van der Waals surface area contributed by atoms with Crippen LogP contribution in [0, 0.1) is 17.6 Å². The number of aliphatic hydroxyl groups is 1. The summed E-state index contributed by atoms with van der Waals surface area (Å²) in [6.45, 7) is 2.72. The van der Waals surface area contributed by atoms with Crippen LogP contribution in [0.1, 0.15) is 24.0 Å². The lowest BCUT2D eigenvalue weighted by atomic mass is 9.72. The Bertz CT molecular complexity index is 835. The van der Waals surface area contributed by atoms with Gasteiger partial charge in [-0.3, -0.25) is 4.90 Å². The molecule has 2 aromatic rings. The van der Waals surface area contributed by atoms with E-state index in [0.29, 0.717) is 37.1 Å². The summed E-state index contributed by atoms with van der Waals surface area (Å²) in [6, 6.07) is 11.7. The number of carbonyl (C=O) groups excluding carboxylic acids is 1. The molecule has 0 saturated carbocycles. The molecule has 0 bridgehead atoms. The number of nitrogens with zero attached hydrogens (tertiary/aromatic N) is 2. The van der Waals surface area contributed by atoms with Crippen LogP contribution in [0.4, 0.5) is 13.6 Å². The van der Waals surface area contributed by atoms with E-state index in [-0.39, 0.29) is 29.7 Å². The standard InChI is InChI=1S/C23H26F2N2O3/c1-26-14-21(30-22(26)28)15-27-12-10-18(11-13-27)23(29,16-2-6-19(24)7-3-16)17-4-8-20(25)9-5-17/h2-9,18,21,29H,10-15H2,1H3. The van der Waals surface area contributed by atoms with Crippen molar-refractivity contribution in [2.75, 3.05) is 33.2 Å². The van der Waals surface area contributed by atoms with Gasteiger partial charge in [-0.15, -0.1) is 0 Å². The van der Waals surface area contributed by atoms with Crippen LogP contribution in [-0.2, 0) is 10.3 Å². The summed E-state index contributed by atoms with van der Waals surface area (Å²) in [5, 5.41) is 11.9. The average molecular weight is 416 g/mol. The molecule has 2 aliphatic rings. The van der Waals surface area contributed by atoms with Crippen molar-refractivity contribution in [2.45, 2.75) is 24.5 Å². The van der Waals surface area contributed by atoms with Gasteiger partial charge in [-0.25, -0.2) is 13.6 Å². The predicted molar refractivity (Wildman–Crippen MR) is 108 cm³/mol. The van der Waals surface area contributed by atoms with Crippen LogP contribution in [-0.4, -0.2) is 60.3 Å². The molecule has 160 valence electrons. The first-order chi connectivity index (χ1) is 14.4. The molecule has 0 radical (unpaired) electrons. The molecule has 0 spiro atoms. The minimum absolute atomic E-state index is 0.113. The number of likely N-dealkylation sites (tertiary alicyclic amines) is 1. The summed E-state index contributed by atoms with van der Waals surface area (Å²) in [5.74, 6) is -0.851. The fraction of sp³-hybridized carbons (Fsp3) is 0.435. The van der Waals surface area contributed by atoms with Crippen molar-refractivity contribution < 1.29 is 23.4 Å². The van der Waals surface area contributed by atoms with E-state index in [1.165, 1.54) is 24.3 Å². The summed E-state index contributed by atoms with van der Waals surface area (Å²) in [6.07, 6.45) is 0.979.